The van der Waals surface area contributed by atoms with Gasteiger partial charge in [0.25, 0.3) is 0 Å². The molecule has 13 heteroatoms. The molecule has 0 aliphatic heterocycles. The van der Waals surface area contributed by atoms with Crippen LogP contribution in [0.5, 0.6) is 23.0 Å². The third-order valence-corrected chi connectivity index (χ3v) is 8.60. The van der Waals surface area contributed by atoms with E-state index in [9.17, 15) is 15.0 Å². The van der Waals surface area contributed by atoms with Crippen LogP contribution in [0.3, 0.4) is 0 Å². The first kappa shape index (κ1) is 40.6. The zero-order chi connectivity index (χ0) is 36.0. The van der Waals surface area contributed by atoms with Gasteiger partial charge in [-0.25, -0.2) is 4.34 Å². The maximum Gasteiger partial charge on any atom is 0.321 e. The molecule has 12 nitrogen and oxygen atoms in total. The average molecular weight is 758 g/mol. The van der Waals surface area contributed by atoms with Gasteiger partial charge < -0.3 is 51.0 Å². The quantitative estimate of drug-likeness (QED) is 0.0376. The fourth-order valence-corrected chi connectivity index (χ4v) is 5.61. The number of carboxylic acids is 1. The van der Waals surface area contributed by atoms with Crippen LogP contribution in [0.2, 0.25) is 0 Å². The van der Waals surface area contributed by atoms with Gasteiger partial charge in [-0.2, -0.15) is 0 Å². The molecule has 0 radical (unpaired) electrons. The highest BCUT2D eigenvalue weighted by Crippen LogP contribution is 2.27. The summed E-state index contributed by atoms with van der Waals surface area (Å²) < 4.78 is 12.9. The number of fused-ring (bicyclic) bond motifs is 1. The highest BCUT2D eigenvalue weighted by atomic mass is 79.9. The van der Waals surface area contributed by atoms with Gasteiger partial charge in [-0.3, -0.25) is 4.79 Å². The Morgan fingerprint density at radius 3 is 1.74 bits per heavy atom. The Morgan fingerprint density at radius 1 is 0.740 bits per heavy atom. The lowest BCUT2D eigenvalue weighted by molar-refractivity contribution is -0.138. The Bertz CT molecular complexity index is 1490. The van der Waals surface area contributed by atoms with E-state index < -0.39 is 12.0 Å². The second kappa shape index (κ2) is 23.5. The molecule has 9 N–H and O–H groups in total. The third kappa shape index (κ3) is 14.6. The van der Waals surface area contributed by atoms with Crippen molar-refractivity contribution in [2.24, 2.45) is 0 Å². The number of ether oxygens (including phenoxy) is 2. The molecule has 0 saturated heterocycles. The third-order valence-electron chi connectivity index (χ3n) is 8.05. The average Bonchev–Trinajstić information content (AvgIpc) is 3.54. The number of aromatic hydroxyl groups is 2. The van der Waals surface area contributed by atoms with Gasteiger partial charge in [-0.15, -0.1) is 0 Å². The van der Waals surface area contributed by atoms with E-state index in [2.05, 4.69) is 46.7 Å². The number of phenolic OH excluding ortho intramolecular Hbond substituents is 2. The van der Waals surface area contributed by atoms with Gasteiger partial charge >= 0.3 is 5.97 Å². The molecule has 3 aromatic carbocycles. The van der Waals surface area contributed by atoms with Gasteiger partial charge in [0.2, 0.25) is 0 Å². The van der Waals surface area contributed by atoms with Crippen LogP contribution in [-0.4, -0.2) is 85.8 Å². The van der Waals surface area contributed by atoms with Crippen molar-refractivity contribution in [1.29, 1.82) is 0 Å². The molecule has 1 atom stereocenters. The second-order valence-corrected chi connectivity index (χ2v) is 12.3. The molecule has 0 unspecified atom stereocenters. The molecule has 50 heavy (non-hydrogen) atoms. The smallest absolute Gasteiger partial charge is 0.321 e. The molecule has 4 aromatic rings. The first-order valence-corrected chi connectivity index (χ1v) is 17.8. The number of nitrogens with one attached hydrogen (secondary N) is 6. The molecule has 274 valence electrons. The summed E-state index contributed by atoms with van der Waals surface area (Å²) in [6, 6.07) is 18.1. The number of benzene rings is 3. The van der Waals surface area contributed by atoms with Gasteiger partial charge in [0, 0.05) is 52.8 Å². The lowest BCUT2D eigenvalue weighted by Gasteiger charge is -2.09. The topological polar surface area (TPSA) is 172 Å². The molecule has 1 aromatic heterocycles. The second-order valence-electron chi connectivity index (χ2n) is 11.8. The number of halogens is 1. The Labute approximate surface area is 303 Å². The lowest BCUT2D eigenvalue weighted by atomic mass is 10.1. The van der Waals surface area contributed by atoms with Crippen LogP contribution in [-0.2, 0) is 24.3 Å². The van der Waals surface area contributed by atoms with Gasteiger partial charge in [-0.05, 0) is 112 Å². The maximum atomic E-state index is 10.9. The van der Waals surface area contributed by atoms with Crippen molar-refractivity contribution < 1.29 is 29.6 Å². The first-order chi connectivity index (χ1) is 24.4. The zero-order valence-corrected chi connectivity index (χ0v) is 30.7. The molecule has 0 aliphatic rings. The van der Waals surface area contributed by atoms with Crippen LogP contribution in [0.4, 0.5) is 0 Å². The summed E-state index contributed by atoms with van der Waals surface area (Å²) in [5, 5.41) is 43.1. The van der Waals surface area contributed by atoms with Crippen molar-refractivity contribution in [3.8, 4) is 23.0 Å². The van der Waals surface area contributed by atoms with E-state index in [1.165, 1.54) is 12.8 Å². The van der Waals surface area contributed by atoms with Crippen LogP contribution in [0.25, 0.3) is 10.9 Å². The van der Waals surface area contributed by atoms with Gasteiger partial charge in [0.15, 0.2) is 23.0 Å². The molecular weight excluding hydrogens is 704 g/mol. The number of hydrogen-bond donors (Lipinski definition) is 9. The maximum absolute atomic E-state index is 10.9. The molecule has 0 saturated carbocycles. The van der Waals surface area contributed by atoms with Gasteiger partial charge in [-0.1, -0.05) is 30.3 Å². The molecule has 0 bridgehead atoms. The number of methoxy groups -OCH3 is 2. The Morgan fingerprint density at radius 2 is 1.24 bits per heavy atom. The van der Waals surface area contributed by atoms with E-state index in [1.54, 1.807) is 26.4 Å². The number of H-pyrrole nitrogens is 1. The summed E-state index contributed by atoms with van der Waals surface area (Å²) in [4.78, 5) is 14.0. The van der Waals surface area contributed by atoms with Crippen molar-refractivity contribution >= 4 is 33.0 Å². The largest absolute Gasteiger partial charge is 0.504 e. The Balaban J connectivity index is 0.000000349. The number of aliphatic carboxylic acids is 1. The SMILES string of the molecule is COc1cc(CNCCCNCCCCNCCCNCc2ccc(O)c(OC)c2)ccc1O.O=C(O)[C@H](Cc1c[nH]c2ccccc12)NBr. The van der Waals surface area contributed by atoms with Crippen LogP contribution in [0.15, 0.2) is 66.9 Å². The molecule has 0 spiro atoms. The minimum absolute atomic E-state index is 0.172. The number of aromatic amines is 1. The predicted molar refractivity (Wildman–Crippen MR) is 202 cm³/mol. The van der Waals surface area contributed by atoms with E-state index in [-0.39, 0.29) is 11.5 Å². The van der Waals surface area contributed by atoms with Crippen LogP contribution in [0.1, 0.15) is 42.4 Å². The summed E-state index contributed by atoms with van der Waals surface area (Å²) in [5.74, 6) is 0.498. The number of para-hydroxylation sites is 1. The lowest BCUT2D eigenvalue weighted by Crippen LogP contribution is -2.32. The summed E-state index contributed by atoms with van der Waals surface area (Å²) in [5.41, 5.74) is 4.22. The van der Waals surface area contributed by atoms with E-state index in [4.69, 9.17) is 14.6 Å². The van der Waals surface area contributed by atoms with E-state index in [1.807, 2.05) is 54.7 Å². The Kier molecular flexibility index (Phi) is 19.1. The highest BCUT2D eigenvalue weighted by molar-refractivity contribution is 9.08. The first-order valence-electron chi connectivity index (χ1n) is 17.0. The molecule has 4 rings (SSSR count). The minimum Gasteiger partial charge on any atom is -0.504 e. The van der Waals surface area contributed by atoms with Crippen molar-refractivity contribution in [3.05, 3.63) is 83.6 Å². The van der Waals surface area contributed by atoms with Crippen LogP contribution in [0, 0.1) is 0 Å². The molecule has 0 fully saturated rings. The van der Waals surface area contributed by atoms with Crippen LogP contribution >= 0.6 is 16.1 Å². The standard InChI is InChI=1S/C26H42N4O4.C11H11BrN2O2/c1-33-25-17-21(7-9-23(25)31)19-29-15-5-13-27-11-3-4-12-28-14-6-16-30-20-22-8-10-24(32)26(18-22)34-2;12-14-10(11(15)16)5-7-6-13-9-4-2-1-3-8(7)9/h7-10,17-18,27-32H,3-6,11-16,19-20H2,1-2H3;1-4,6,10,13-14H,5H2,(H,15,16)/t;10-/m.0/s1. The van der Waals surface area contributed by atoms with E-state index in [0.717, 1.165) is 92.8 Å². The normalized spacial score (nSPS) is 11.6. The fourth-order valence-electron chi connectivity index (χ4n) is 5.25. The van der Waals surface area contributed by atoms with Gasteiger partial charge in [0.1, 0.15) is 6.04 Å². The summed E-state index contributed by atoms with van der Waals surface area (Å²) in [7, 11) is 3.12. The number of aromatic nitrogens is 1. The molecular formula is C37H53BrN6O6. The highest BCUT2D eigenvalue weighted by Gasteiger charge is 2.18. The van der Waals surface area contributed by atoms with Crippen molar-refractivity contribution in [3.63, 3.8) is 0 Å². The molecule has 0 aliphatic carbocycles. The number of phenols is 2. The van der Waals surface area contributed by atoms with E-state index in [0.29, 0.717) is 17.9 Å². The number of carboxylic acid groups (broad SMARTS) is 1. The number of carbonyl (C=O) groups is 1. The summed E-state index contributed by atoms with van der Waals surface area (Å²) in [6.45, 7) is 7.56. The van der Waals surface area contributed by atoms with E-state index >= 15 is 0 Å². The van der Waals surface area contributed by atoms with Crippen molar-refractivity contribution in [2.45, 2.75) is 51.2 Å². The number of rotatable bonds is 23. The summed E-state index contributed by atoms with van der Waals surface area (Å²) >= 11 is 2.99. The minimum atomic E-state index is -0.873. The molecule has 1 heterocycles. The fraction of sp³-hybridized carbons (Fsp3) is 0.432. The monoisotopic (exact) mass is 756 g/mol. The molecule has 0 amide bonds. The number of hydrogen-bond acceptors (Lipinski definition) is 10. The zero-order valence-electron chi connectivity index (χ0n) is 29.1. The van der Waals surface area contributed by atoms with Gasteiger partial charge in [0.05, 0.1) is 14.2 Å². The number of unbranched alkanes of at least 4 members (excludes halogenated alkanes) is 1. The Hall–Kier alpha value is -3.85. The van der Waals surface area contributed by atoms with Crippen molar-refractivity contribution in [1.82, 2.24) is 30.6 Å². The van der Waals surface area contributed by atoms with Crippen molar-refractivity contribution in [2.75, 3.05) is 53.5 Å². The van der Waals surface area contributed by atoms with Crippen LogP contribution < -0.4 is 35.1 Å². The summed E-state index contributed by atoms with van der Waals surface area (Å²) in [6.07, 6.45) is 6.80. The predicted octanol–water partition coefficient (Wildman–Crippen LogP) is 4.80.